The molecule has 0 radical (unpaired) electrons. The van der Waals surface area contributed by atoms with E-state index in [0.717, 1.165) is 18.2 Å². The number of hydrogen-bond donors (Lipinski definition) is 2. The maximum Gasteiger partial charge on any atom is 0.258 e. The summed E-state index contributed by atoms with van der Waals surface area (Å²) in [6, 6.07) is 8.61. The molecule has 2 aromatic rings. The van der Waals surface area contributed by atoms with Crippen molar-refractivity contribution in [1.29, 1.82) is 0 Å². The summed E-state index contributed by atoms with van der Waals surface area (Å²) in [6.45, 7) is 0.124. The molecule has 1 aromatic carbocycles. The summed E-state index contributed by atoms with van der Waals surface area (Å²) in [6.07, 6.45) is 3.77. The zero-order valence-electron chi connectivity index (χ0n) is 10.8. The molecular formula is C15H15FN2O2. The third-order valence-electron chi connectivity index (χ3n) is 2.83. The van der Waals surface area contributed by atoms with Gasteiger partial charge in [0.1, 0.15) is 0 Å². The van der Waals surface area contributed by atoms with Gasteiger partial charge in [0.05, 0.1) is 11.8 Å². The zero-order chi connectivity index (χ0) is 14.4. The smallest absolute Gasteiger partial charge is 0.258 e. The van der Waals surface area contributed by atoms with E-state index in [9.17, 15) is 9.18 Å². The maximum absolute atomic E-state index is 13.4. The number of benzene rings is 1. The number of rotatable bonds is 5. The second-order valence-corrected chi connectivity index (χ2v) is 4.34. The van der Waals surface area contributed by atoms with E-state index < -0.39 is 11.7 Å². The van der Waals surface area contributed by atoms with Crippen molar-refractivity contribution in [3.8, 4) is 0 Å². The molecule has 1 heterocycles. The Labute approximate surface area is 116 Å². The summed E-state index contributed by atoms with van der Waals surface area (Å²) < 4.78 is 13.4. The van der Waals surface area contributed by atoms with Crippen LogP contribution in [0.3, 0.4) is 0 Å². The second kappa shape index (κ2) is 6.77. The molecule has 0 saturated carbocycles. The molecule has 0 aliphatic heterocycles. The monoisotopic (exact) mass is 274 g/mol. The molecular weight excluding hydrogens is 259 g/mol. The molecule has 1 amide bonds. The van der Waals surface area contributed by atoms with Crippen molar-refractivity contribution in [2.75, 3.05) is 11.9 Å². The molecule has 4 nitrogen and oxygen atoms in total. The molecule has 0 atom stereocenters. The molecule has 20 heavy (non-hydrogen) atoms. The molecule has 104 valence electrons. The lowest BCUT2D eigenvalue weighted by Crippen LogP contribution is -2.14. The van der Waals surface area contributed by atoms with Crippen LogP contribution in [0.1, 0.15) is 22.3 Å². The number of nitrogens with one attached hydrogen (secondary N) is 1. The van der Waals surface area contributed by atoms with E-state index in [1.165, 1.54) is 12.3 Å². The number of halogens is 1. The number of aliphatic hydroxyl groups excluding tert-OH is 1. The molecule has 0 fully saturated rings. The van der Waals surface area contributed by atoms with Crippen molar-refractivity contribution in [2.24, 2.45) is 0 Å². The Kier molecular flexibility index (Phi) is 4.79. The van der Waals surface area contributed by atoms with Crippen molar-refractivity contribution in [3.05, 3.63) is 59.7 Å². The second-order valence-electron chi connectivity index (χ2n) is 4.34. The molecule has 0 unspecified atom stereocenters. The summed E-state index contributed by atoms with van der Waals surface area (Å²) in [5, 5.41) is 11.5. The van der Waals surface area contributed by atoms with Crippen LogP contribution in [0.15, 0.2) is 42.7 Å². The first-order valence-electron chi connectivity index (χ1n) is 6.31. The van der Waals surface area contributed by atoms with Crippen molar-refractivity contribution in [2.45, 2.75) is 12.8 Å². The van der Waals surface area contributed by atoms with Gasteiger partial charge in [-0.15, -0.1) is 0 Å². The predicted octanol–water partition coefficient (Wildman–Crippen LogP) is 2.40. The molecule has 2 N–H and O–H groups in total. The number of aromatic nitrogens is 1. The first kappa shape index (κ1) is 14.1. The molecule has 0 aliphatic rings. The number of pyridine rings is 1. The van der Waals surface area contributed by atoms with Crippen LogP contribution in [0.2, 0.25) is 0 Å². The van der Waals surface area contributed by atoms with E-state index in [-0.39, 0.29) is 12.2 Å². The van der Waals surface area contributed by atoms with Crippen LogP contribution in [0.4, 0.5) is 10.1 Å². The topological polar surface area (TPSA) is 62.2 Å². The van der Waals surface area contributed by atoms with E-state index >= 15 is 0 Å². The SMILES string of the molecule is O=C(Nc1cccc(CCCO)c1)c1ccncc1F. The van der Waals surface area contributed by atoms with Gasteiger partial charge in [-0.2, -0.15) is 0 Å². The number of aliphatic hydroxyl groups is 1. The molecule has 1 aromatic heterocycles. The van der Waals surface area contributed by atoms with Crippen LogP contribution in [-0.4, -0.2) is 22.6 Å². The molecule has 2 rings (SSSR count). The Morgan fingerprint density at radius 3 is 2.95 bits per heavy atom. The van der Waals surface area contributed by atoms with Gasteiger partial charge in [-0.25, -0.2) is 4.39 Å². The number of nitrogens with zero attached hydrogens (tertiary/aromatic N) is 1. The average Bonchev–Trinajstić information content (AvgIpc) is 2.46. The lowest BCUT2D eigenvalue weighted by atomic mass is 10.1. The number of carbonyl (C=O) groups excluding carboxylic acids is 1. The molecule has 5 heteroatoms. The van der Waals surface area contributed by atoms with Crippen molar-refractivity contribution >= 4 is 11.6 Å². The Morgan fingerprint density at radius 2 is 2.20 bits per heavy atom. The molecule has 0 spiro atoms. The zero-order valence-corrected chi connectivity index (χ0v) is 10.8. The van der Waals surface area contributed by atoms with Gasteiger partial charge in [0.15, 0.2) is 5.82 Å². The van der Waals surface area contributed by atoms with Crippen LogP contribution in [-0.2, 0) is 6.42 Å². The first-order chi connectivity index (χ1) is 9.70. The van der Waals surface area contributed by atoms with E-state index in [1.807, 2.05) is 18.2 Å². The standard InChI is InChI=1S/C15H15FN2O2/c16-14-10-17-7-6-13(14)15(20)18-12-5-1-3-11(9-12)4-2-8-19/h1,3,5-7,9-10,19H,2,4,8H2,(H,18,20). The third kappa shape index (κ3) is 3.61. The summed E-state index contributed by atoms with van der Waals surface area (Å²) in [4.78, 5) is 15.5. The van der Waals surface area contributed by atoms with Gasteiger partial charge in [-0.1, -0.05) is 12.1 Å². The fourth-order valence-electron chi connectivity index (χ4n) is 1.85. The minimum atomic E-state index is -0.651. The number of anilines is 1. The highest BCUT2D eigenvalue weighted by molar-refractivity contribution is 6.04. The van der Waals surface area contributed by atoms with Crippen molar-refractivity contribution in [3.63, 3.8) is 0 Å². The lowest BCUT2D eigenvalue weighted by molar-refractivity contribution is 0.102. The molecule has 0 saturated heterocycles. The van der Waals surface area contributed by atoms with E-state index in [2.05, 4.69) is 10.3 Å². The van der Waals surface area contributed by atoms with Crippen LogP contribution < -0.4 is 5.32 Å². The minimum absolute atomic E-state index is 0.0410. The molecule has 0 aliphatic carbocycles. The van der Waals surface area contributed by atoms with Gasteiger partial charge in [0.25, 0.3) is 5.91 Å². The van der Waals surface area contributed by atoms with Crippen LogP contribution >= 0.6 is 0 Å². The van der Waals surface area contributed by atoms with Crippen LogP contribution in [0.5, 0.6) is 0 Å². The van der Waals surface area contributed by atoms with Gasteiger partial charge in [-0.3, -0.25) is 9.78 Å². The molecule has 0 bridgehead atoms. The average molecular weight is 274 g/mol. The fraction of sp³-hybridized carbons (Fsp3) is 0.200. The Balaban J connectivity index is 2.10. The number of hydrogen-bond acceptors (Lipinski definition) is 3. The highest BCUT2D eigenvalue weighted by Crippen LogP contribution is 2.14. The van der Waals surface area contributed by atoms with E-state index in [4.69, 9.17) is 5.11 Å². The highest BCUT2D eigenvalue weighted by atomic mass is 19.1. The largest absolute Gasteiger partial charge is 0.396 e. The summed E-state index contributed by atoms with van der Waals surface area (Å²) >= 11 is 0. The lowest BCUT2D eigenvalue weighted by Gasteiger charge is -2.07. The number of aryl methyl sites for hydroxylation is 1. The van der Waals surface area contributed by atoms with Crippen LogP contribution in [0, 0.1) is 5.82 Å². The summed E-state index contributed by atoms with van der Waals surface area (Å²) in [7, 11) is 0. The Hall–Kier alpha value is -2.27. The maximum atomic E-state index is 13.4. The minimum Gasteiger partial charge on any atom is -0.396 e. The predicted molar refractivity (Wildman–Crippen MR) is 74.0 cm³/mol. The first-order valence-corrected chi connectivity index (χ1v) is 6.31. The Morgan fingerprint density at radius 1 is 1.35 bits per heavy atom. The number of amides is 1. The van der Waals surface area contributed by atoms with Gasteiger partial charge in [0, 0.05) is 18.5 Å². The van der Waals surface area contributed by atoms with Crippen LogP contribution in [0.25, 0.3) is 0 Å². The highest BCUT2D eigenvalue weighted by Gasteiger charge is 2.11. The fourth-order valence-corrected chi connectivity index (χ4v) is 1.85. The summed E-state index contributed by atoms with van der Waals surface area (Å²) in [5.74, 6) is -1.16. The number of carbonyl (C=O) groups is 1. The normalized spacial score (nSPS) is 10.3. The van der Waals surface area contributed by atoms with Crippen molar-refractivity contribution < 1.29 is 14.3 Å². The van der Waals surface area contributed by atoms with E-state index in [1.54, 1.807) is 6.07 Å². The quantitative estimate of drug-likeness (QED) is 0.880. The van der Waals surface area contributed by atoms with Gasteiger partial charge >= 0.3 is 0 Å². The van der Waals surface area contributed by atoms with Gasteiger partial charge in [0.2, 0.25) is 0 Å². The third-order valence-corrected chi connectivity index (χ3v) is 2.83. The Bertz CT molecular complexity index is 602. The van der Waals surface area contributed by atoms with Gasteiger partial charge < -0.3 is 10.4 Å². The summed E-state index contributed by atoms with van der Waals surface area (Å²) in [5.41, 5.74) is 1.56. The van der Waals surface area contributed by atoms with E-state index in [0.29, 0.717) is 12.1 Å². The van der Waals surface area contributed by atoms with Gasteiger partial charge in [-0.05, 0) is 36.6 Å². The van der Waals surface area contributed by atoms with Crippen molar-refractivity contribution in [1.82, 2.24) is 4.98 Å².